The molecule has 60 heavy (non-hydrogen) atoms. The van der Waals surface area contributed by atoms with Crippen molar-refractivity contribution in [2.75, 3.05) is 39.6 Å². The van der Waals surface area contributed by atoms with E-state index in [0.29, 0.717) is 51.1 Å². The van der Waals surface area contributed by atoms with Crippen molar-refractivity contribution in [3.8, 4) is 17.2 Å². The average Bonchev–Trinajstić information content (AvgIpc) is 3.25. The van der Waals surface area contributed by atoms with E-state index in [4.69, 9.17) is 28.4 Å². The number of unbranched alkanes of at least 4 members (excludes halogenated alkanes) is 24. The summed E-state index contributed by atoms with van der Waals surface area (Å²) >= 11 is 0. The van der Waals surface area contributed by atoms with Crippen molar-refractivity contribution >= 4 is 23.9 Å². The lowest BCUT2D eigenvalue weighted by atomic mass is 10.1. The van der Waals surface area contributed by atoms with E-state index in [9.17, 15) is 24.3 Å². The Morgan fingerprint density at radius 3 is 0.950 bits per heavy atom. The number of carboxylic acid groups (broad SMARTS) is 1. The molecule has 0 aliphatic rings. The maximum absolute atomic E-state index is 12.3. The smallest absolute Gasteiger partial charge is 0.339 e. The predicted molar refractivity (Wildman–Crippen MR) is 238 cm³/mol. The van der Waals surface area contributed by atoms with Crippen molar-refractivity contribution in [1.82, 2.24) is 0 Å². The van der Waals surface area contributed by atoms with Crippen molar-refractivity contribution in [3.63, 3.8) is 0 Å². The topological polar surface area (TPSA) is 144 Å². The highest BCUT2D eigenvalue weighted by Crippen LogP contribution is 2.41. The first kappa shape index (κ1) is 53.7. The van der Waals surface area contributed by atoms with E-state index < -0.39 is 5.97 Å². The third-order valence-electron chi connectivity index (χ3n) is 10.2. The van der Waals surface area contributed by atoms with Crippen molar-refractivity contribution < 1.29 is 52.7 Å². The molecule has 0 bridgehead atoms. The summed E-state index contributed by atoms with van der Waals surface area (Å²) < 4.78 is 33.8. The summed E-state index contributed by atoms with van der Waals surface area (Å²) in [5, 5.41) is 10.1. The Hall–Kier alpha value is -4.28. The first-order valence-electron chi connectivity index (χ1n) is 23.0. The second-order valence-electron chi connectivity index (χ2n) is 15.3. The van der Waals surface area contributed by atoms with Crippen molar-refractivity contribution in [1.29, 1.82) is 0 Å². The minimum atomic E-state index is -1.06. The monoisotopic (exact) mass is 843 g/mol. The zero-order valence-corrected chi connectivity index (χ0v) is 36.9. The zero-order chi connectivity index (χ0) is 43.7. The molecule has 11 heteroatoms. The standard InChI is InChI=1S/C49H78O11/c1-4-44(50)56-37-29-23-17-11-7-10-16-22-28-36-55-43-35-34-42(49(53)54)47(59-40-32-26-20-14-8-12-18-24-30-38-57-45(51)5-2)48(43)60-41-33-27-21-15-9-13-19-25-31-39-58-46(52)6-3/h4-6,34-35H,1-3,7-33,36-41H2,(H,53,54). The van der Waals surface area contributed by atoms with Gasteiger partial charge < -0.3 is 33.5 Å². The number of carboxylic acids is 1. The molecule has 0 saturated heterocycles. The SMILES string of the molecule is C=CC(=O)OCCCCCCCCCCCOc1ccc(C(=O)O)c(OCCCCCCCCCCCOC(=O)C=C)c1OCCCCCCCCCCCOC(=O)C=C. The summed E-state index contributed by atoms with van der Waals surface area (Å²) in [5.41, 5.74) is 0.0771. The molecule has 0 atom stereocenters. The lowest BCUT2D eigenvalue weighted by Crippen LogP contribution is -2.10. The van der Waals surface area contributed by atoms with E-state index in [-0.39, 0.29) is 29.2 Å². The van der Waals surface area contributed by atoms with Gasteiger partial charge in [0.1, 0.15) is 5.56 Å². The number of ether oxygens (including phenoxy) is 6. The third kappa shape index (κ3) is 29.9. The Morgan fingerprint density at radius 2 is 0.650 bits per heavy atom. The summed E-state index contributed by atoms with van der Waals surface area (Å²) in [5.74, 6) is -1.01. The number of rotatable bonds is 43. The molecule has 0 aliphatic heterocycles. The van der Waals surface area contributed by atoms with Crippen LogP contribution < -0.4 is 14.2 Å². The lowest BCUT2D eigenvalue weighted by Gasteiger charge is -2.19. The molecule has 0 unspecified atom stereocenters. The van der Waals surface area contributed by atoms with Gasteiger partial charge in [-0.1, -0.05) is 155 Å². The maximum atomic E-state index is 12.3. The summed E-state index contributed by atoms with van der Waals surface area (Å²) in [6, 6.07) is 3.25. The van der Waals surface area contributed by atoms with Crippen molar-refractivity contribution in [2.45, 2.75) is 173 Å². The first-order valence-corrected chi connectivity index (χ1v) is 23.0. The van der Waals surface area contributed by atoms with Crippen LogP contribution in [0, 0.1) is 0 Å². The molecule has 0 heterocycles. The number of carbonyl (C=O) groups excluding carboxylic acids is 3. The van der Waals surface area contributed by atoms with Crippen LogP contribution >= 0.6 is 0 Å². The number of esters is 3. The second-order valence-corrected chi connectivity index (χ2v) is 15.3. The van der Waals surface area contributed by atoms with Gasteiger partial charge in [0.05, 0.1) is 39.6 Å². The normalized spacial score (nSPS) is 10.7. The Bertz CT molecular complexity index is 1320. The molecule has 0 radical (unpaired) electrons. The molecule has 1 aromatic carbocycles. The Kier molecular flexibility index (Phi) is 34.8. The third-order valence-corrected chi connectivity index (χ3v) is 10.2. The Labute approximate surface area is 361 Å². The summed E-state index contributed by atoms with van der Waals surface area (Å²) in [6.07, 6.45) is 32.0. The van der Waals surface area contributed by atoms with Gasteiger partial charge in [0.2, 0.25) is 5.75 Å². The molecule has 0 amide bonds. The van der Waals surface area contributed by atoms with Gasteiger partial charge in [-0.25, -0.2) is 19.2 Å². The van der Waals surface area contributed by atoms with Crippen LogP contribution in [0.1, 0.15) is 184 Å². The molecule has 0 fully saturated rings. The van der Waals surface area contributed by atoms with Crippen LogP contribution in [0.2, 0.25) is 0 Å². The van der Waals surface area contributed by atoms with Gasteiger partial charge in [0.25, 0.3) is 0 Å². The average molecular weight is 843 g/mol. The predicted octanol–water partition coefficient (Wildman–Crippen LogP) is 12.2. The van der Waals surface area contributed by atoms with Gasteiger partial charge >= 0.3 is 23.9 Å². The fourth-order valence-electron chi connectivity index (χ4n) is 6.66. The second kappa shape index (κ2) is 38.9. The van der Waals surface area contributed by atoms with E-state index >= 15 is 0 Å². The highest BCUT2D eigenvalue weighted by Gasteiger charge is 2.22. The van der Waals surface area contributed by atoms with Crippen molar-refractivity contribution in [2.24, 2.45) is 0 Å². The van der Waals surface area contributed by atoms with E-state index in [1.54, 1.807) is 12.1 Å². The number of hydrogen-bond donors (Lipinski definition) is 1. The number of hydrogen-bond acceptors (Lipinski definition) is 10. The van der Waals surface area contributed by atoms with Gasteiger partial charge in [0, 0.05) is 18.2 Å². The van der Waals surface area contributed by atoms with Crippen molar-refractivity contribution in [3.05, 3.63) is 55.7 Å². The summed E-state index contributed by atoms with van der Waals surface area (Å²) in [4.78, 5) is 45.7. The van der Waals surface area contributed by atoms with Gasteiger partial charge in [-0.3, -0.25) is 0 Å². The minimum absolute atomic E-state index is 0.0771. The molecule has 1 rings (SSSR count). The molecule has 1 N–H and O–H groups in total. The van der Waals surface area contributed by atoms with Gasteiger partial charge in [-0.05, 0) is 50.7 Å². The first-order chi connectivity index (χ1) is 29.3. The molecular weight excluding hydrogens is 765 g/mol. The van der Waals surface area contributed by atoms with Gasteiger partial charge in [-0.15, -0.1) is 0 Å². The number of benzene rings is 1. The molecule has 0 aliphatic carbocycles. The summed E-state index contributed by atoms with van der Waals surface area (Å²) in [6.45, 7) is 12.9. The molecule has 1 aromatic rings. The van der Waals surface area contributed by atoms with Crippen LogP contribution in [0.3, 0.4) is 0 Å². The lowest BCUT2D eigenvalue weighted by molar-refractivity contribution is -0.138. The molecule has 0 aromatic heterocycles. The molecule has 340 valence electrons. The summed E-state index contributed by atoms with van der Waals surface area (Å²) in [7, 11) is 0. The zero-order valence-electron chi connectivity index (χ0n) is 36.9. The number of aromatic carboxylic acids is 1. The van der Waals surface area contributed by atoms with Crippen LogP contribution in [0.25, 0.3) is 0 Å². The van der Waals surface area contributed by atoms with Gasteiger partial charge in [0.15, 0.2) is 11.5 Å². The van der Waals surface area contributed by atoms with E-state index in [0.717, 1.165) is 161 Å². The van der Waals surface area contributed by atoms with E-state index in [2.05, 4.69) is 19.7 Å². The maximum Gasteiger partial charge on any atom is 0.339 e. The highest BCUT2D eigenvalue weighted by molar-refractivity contribution is 5.92. The molecular formula is C49H78O11. The number of carbonyl (C=O) groups is 4. The fraction of sp³-hybridized carbons (Fsp3) is 0.673. The Balaban J connectivity index is 2.55. The molecule has 0 spiro atoms. The van der Waals surface area contributed by atoms with E-state index in [1.165, 1.54) is 31.1 Å². The Morgan fingerprint density at radius 1 is 0.383 bits per heavy atom. The van der Waals surface area contributed by atoms with Gasteiger partial charge in [-0.2, -0.15) is 0 Å². The van der Waals surface area contributed by atoms with Crippen LogP contribution in [-0.2, 0) is 28.6 Å². The largest absolute Gasteiger partial charge is 0.490 e. The molecule has 11 nitrogen and oxygen atoms in total. The fourth-order valence-corrected chi connectivity index (χ4v) is 6.66. The van der Waals surface area contributed by atoms with Crippen LogP contribution in [0.5, 0.6) is 17.2 Å². The quantitative estimate of drug-likeness (QED) is 0.0290. The highest BCUT2D eigenvalue weighted by atomic mass is 16.5. The minimum Gasteiger partial charge on any atom is -0.490 e. The van der Waals surface area contributed by atoms with Crippen LogP contribution in [-0.4, -0.2) is 68.6 Å². The van der Waals surface area contributed by atoms with Crippen LogP contribution in [0.15, 0.2) is 50.1 Å². The van der Waals surface area contributed by atoms with E-state index in [1.807, 2.05) is 0 Å². The van der Waals surface area contributed by atoms with Crippen LogP contribution in [0.4, 0.5) is 0 Å². The molecule has 0 saturated carbocycles.